The minimum absolute atomic E-state index is 0.262. The third-order valence-electron chi connectivity index (χ3n) is 2.57. The van der Waals surface area contributed by atoms with Crippen molar-refractivity contribution in [1.29, 1.82) is 0 Å². The first-order chi connectivity index (χ1) is 9.24. The molecule has 1 N–H and O–H groups in total. The van der Waals surface area contributed by atoms with E-state index in [9.17, 15) is 0 Å². The SMILES string of the molecule is CCOC(CNc1ccc(OC)cc1OC)OCC. The molecule has 108 valence electrons. The van der Waals surface area contributed by atoms with E-state index in [2.05, 4.69) is 5.32 Å². The van der Waals surface area contributed by atoms with Crippen molar-refractivity contribution in [2.45, 2.75) is 20.1 Å². The highest BCUT2D eigenvalue weighted by Gasteiger charge is 2.10. The monoisotopic (exact) mass is 269 g/mol. The molecule has 0 unspecified atom stereocenters. The van der Waals surface area contributed by atoms with Crippen LogP contribution in [0.4, 0.5) is 5.69 Å². The van der Waals surface area contributed by atoms with Crippen molar-refractivity contribution < 1.29 is 18.9 Å². The highest BCUT2D eigenvalue weighted by Crippen LogP contribution is 2.28. The number of ether oxygens (including phenoxy) is 4. The Morgan fingerprint density at radius 3 is 2.26 bits per heavy atom. The van der Waals surface area contributed by atoms with Crippen molar-refractivity contribution in [3.05, 3.63) is 18.2 Å². The predicted molar refractivity (Wildman–Crippen MR) is 75.1 cm³/mol. The van der Waals surface area contributed by atoms with Gasteiger partial charge in [-0.25, -0.2) is 0 Å². The van der Waals surface area contributed by atoms with E-state index in [1.807, 2.05) is 32.0 Å². The maximum Gasteiger partial charge on any atom is 0.174 e. The van der Waals surface area contributed by atoms with Gasteiger partial charge >= 0.3 is 0 Å². The number of hydrogen-bond donors (Lipinski definition) is 1. The number of benzene rings is 1. The third kappa shape index (κ3) is 4.96. The average Bonchev–Trinajstić information content (AvgIpc) is 2.45. The van der Waals surface area contributed by atoms with E-state index < -0.39 is 0 Å². The van der Waals surface area contributed by atoms with E-state index in [1.165, 1.54) is 0 Å². The zero-order valence-corrected chi connectivity index (χ0v) is 12.1. The molecule has 1 aromatic carbocycles. The zero-order chi connectivity index (χ0) is 14.1. The Bertz CT molecular complexity index is 364. The van der Waals surface area contributed by atoms with Gasteiger partial charge in [0.05, 0.1) is 26.5 Å². The minimum atomic E-state index is -0.262. The lowest BCUT2D eigenvalue weighted by Crippen LogP contribution is -2.26. The van der Waals surface area contributed by atoms with Crippen LogP contribution in [-0.2, 0) is 9.47 Å². The van der Waals surface area contributed by atoms with E-state index in [0.29, 0.717) is 19.8 Å². The lowest BCUT2D eigenvalue weighted by molar-refractivity contribution is -0.126. The first-order valence-corrected chi connectivity index (χ1v) is 6.44. The third-order valence-corrected chi connectivity index (χ3v) is 2.57. The lowest BCUT2D eigenvalue weighted by atomic mass is 10.2. The number of nitrogens with one attached hydrogen (secondary N) is 1. The topological polar surface area (TPSA) is 49.0 Å². The van der Waals surface area contributed by atoms with Gasteiger partial charge in [-0.05, 0) is 26.0 Å². The molecule has 5 heteroatoms. The van der Waals surface area contributed by atoms with Gasteiger partial charge in [-0.2, -0.15) is 0 Å². The van der Waals surface area contributed by atoms with Crippen molar-refractivity contribution >= 4 is 5.69 Å². The molecule has 0 radical (unpaired) electrons. The first kappa shape index (κ1) is 15.6. The smallest absolute Gasteiger partial charge is 0.174 e. The lowest BCUT2D eigenvalue weighted by Gasteiger charge is -2.19. The van der Waals surface area contributed by atoms with Crippen molar-refractivity contribution in [2.24, 2.45) is 0 Å². The first-order valence-electron chi connectivity index (χ1n) is 6.44. The van der Waals surface area contributed by atoms with Crippen LogP contribution in [0.25, 0.3) is 0 Å². The Hall–Kier alpha value is -1.46. The summed E-state index contributed by atoms with van der Waals surface area (Å²) in [6.45, 7) is 5.68. The fourth-order valence-electron chi connectivity index (χ4n) is 1.68. The van der Waals surface area contributed by atoms with Crippen molar-refractivity contribution in [3.8, 4) is 11.5 Å². The molecular formula is C14H23NO4. The fourth-order valence-corrected chi connectivity index (χ4v) is 1.68. The number of anilines is 1. The highest BCUT2D eigenvalue weighted by molar-refractivity contribution is 5.59. The normalized spacial score (nSPS) is 10.6. The van der Waals surface area contributed by atoms with E-state index in [1.54, 1.807) is 14.2 Å². The molecule has 1 rings (SSSR count). The van der Waals surface area contributed by atoms with E-state index in [0.717, 1.165) is 17.2 Å². The highest BCUT2D eigenvalue weighted by atomic mass is 16.7. The second-order valence-electron chi connectivity index (χ2n) is 3.79. The molecule has 0 bridgehead atoms. The molecule has 0 spiro atoms. The number of methoxy groups -OCH3 is 2. The van der Waals surface area contributed by atoms with E-state index in [-0.39, 0.29) is 6.29 Å². The molecule has 0 fully saturated rings. The van der Waals surface area contributed by atoms with Gasteiger partial charge in [0.2, 0.25) is 0 Å². The second-order valence-corrected chi connectivity index (χ2v) is 3.79. The van der Waals surface area contributed by atoms with Gasteiger partial charge < -0.3 is 24.3 Å². The second kappa shape index (κ2) is 8.61. The summed E-state index contributed by atoms with van der Waals surface area (Å²) >= 11 is 0. The molecule has 0 aliphatic carbocycles. The summed E-state index contributed by atoms with van der Waals surface area (Å²) in [7, 11) is 3.25. The Kier molecular flexibility index (Phi) is 7.07. The maximum atomic E-state index is 5.47. The van der Waals surface area contributed by atoms with Crippen LogP contribution in [0.2, 0.25) is 0 Å². The molecule has 0 heterocycles. The summed E-state index contributed by atoms with van der Waals surface area (Å²) in [6, 6.07) is 5.62. The summed E-state index contributed by atoms with van der Waals surface area (Å²) in [5.74, 6) is 1.49. The molecule has 0 saturated heterocycles. The fraction of sp³-hybridized carbons (Fsp3) is 0.571. The van der Waals surface area contributed by atoms with Gasteiger partial charge in [0.15, 0.2) is 6.29 Å². The average molecular weight is 269 g/mol. The van der Waals surface area contributed by atoms with Gasteiger partial charge in [0.1, 0.15) is 11.5 Å². The Morgan fingerprint density at radius 1 is 1.05 bits per heavy atom. The van der Waals surface area contributed by atoms with Crippen molar-refractivity contribution in [1.82, 2.24) is 0 Å². The van der Waals surface area contributed by atoms with Gasteiger partial charge in [0, 0.05) is 19.3 Å². The summed E-state index contributed by atoms with van der Waals surface area (Å²) in [6.07, 6.45) is -0.262. The Labute approximate surface area is 114 Å². The quantitative estimate of drug-likeness (QED) is 0.698. The summed E-state index contributed by atoms with van der Waals surface area (Å²) in [5, 5.41) is 3.25. The number of rotatable bonds is 9. The molecule has 0 aliphatic heterocycles. The predicted octanol–water partition coefficient (Wildman–Crippen LogP) is 2.51. The van der Waals surface area contributed by atoms with Crippen LogP contribution in [-0.4, -0.2) is 40.3 Å². The van der Waals surface area contributed by atoms with Crippen LogP contribution in [0.5, 0.6) is 11.5 Å². The van der Waals surface area contributed by atoms with Crippen molar-refractivity contribution in [2.75, 3.05) is 39.3 Å². The molecule has 0 atom stereocenters. The van der Waals surface area contributed by atoms with Crippen LogP contribution < -0.4 is 14.8 Å². The molecule has 0 saturated carbocycles. The van der Waals surface area contributed by atoms with Gasteiger partial charge in [-0.15, -0.1) is 0 Å². The van der Waals surface area contributed by atoms with Crippen LogP contribution >= 0.6 is 0 Å². The van der Waals surface area contributed by atoms with Gasteiger partial charge in [-0.3, -0.25) is 0 Å². The maximum absolute atomic E-state index is 5.47. The summed E-state index contributed by atoms with van der Waals surface area (Å²) in [4.78, 5) is 0. The summed E-state index contributed by atoms with van der Waals surface area (Å²) < 4.78 is 21.4. The minimum Gasteiger partial charge on any atom is -0.497 e. The Morgan fingerprint density at radius 2 is 1.74 bits per heavy atom. The number of hydrogen-bond acceptors (Lipinski definition) is 5. The molecule has 1 aromatic rings. The molecule has 19 heavy (non-hydrogen) atoms. The largest absolute Gasteiger partial charge is 0.497 e. The van der Waals surface area contributed by atoms with Crippen LogP contribution in [0, 0.1) is 0 Å². The summed E-state index contributed by atoms with van der Waals surface area (Å²) in [5.41, 5.74) is 0.882. The van der Waals surface area contributed by atoms with Gasteiger partial charge in [0.25, 0.3) is 0 Å². The zero-order valence-electron chi connectivity index (χ0n) is 12.1. The van der Waals surface area contributed by atoms with Crippen LogP contribution in [0.3, 0.4) is 0 Å². The standard InChI is InChI=1S/C14H23NO4/c1-5-18-14(19-6-2)10-15-12-8-7-11(16-3)9-13(12)17-4/h7-9,14-15H,5-6,10H2,1-4H3. The van der Waals surface area contributed by atoms with Crippen LogP contribution in [0.15, 0.2) is 18.2 Å². The van der Waals surface area contributed by atoms with Crippen molar-refractivity contribution in [3.63, 3.8) is 0 Å². The molecule has 0 aliphatic rings. The van der Waals surface area contributed by atoms with E-state index in [4.69, 9.17) is 18.9 Å². The Balaban J connectivity index is 2.64. The van der Waals surface area contributed by atoms with Crippen LogP contribution in [0.1, 0.15) is 13.8 Å². The molecule has 0 aromatic heterocycles. The van der Waals surface area contributed by atoms with Gasteiger partial charge in [-0.1, -0.05) is 0 Å². The molecular weight excluding hydrogens is 246 g/mol. The molecule has 5 nitrogen and oxygen atoms in total. The van der Waals surface area contributed by atoms with E-state index >= 15 is 0 Å². The molecule has 0 amide bonds.